The number of imidazole rings is 1. The Balaban J connectivity index is 1.32. The lowest BCUT2D eigenvalue weighted by Crippen LogP contribution is -2.33. The van der Waals surface area contributed by atoms with Crippen molar-refractivity contribution in [2.45, 2.75) is 92.4 Å². The van der Waals surface area contributed by atoms with Gasteiger partial charge < -0.3 is 5.11 Å². The maximum absolute atomic E-state index is 11.4. The summed E-state index contributed by atoms with van der Waals surface area (Å²) in [5, 5.41) is 11.4. The second-order valence-electron chi connectivity index (χ2n) is 20.2. The number of phenolic OH excluding ortho intramolecular Hbond substituents is 1. The molecule has 0 fully saturated rings. The van der Waals surface area contributed by atoms with Gasteiger partial charge in [0.15, 0.2) is 0 Å². The molecule has 0 saturated carbocycles. The number of rotatable bonds is 7. The maximum Gasteiger partial charge on any atom is 0.149 e. The van der Waals surface area contributed by atoms with E-state index in [0.29, 0.717) is 11.4 Å². The first-order chi connectivity index (χ1) is 28.8. The number of nitrogens with zero attached hydrogens (tertiary/aromatic N) is 3. The molecule has 4 heteroatoms. The molecule has 0 unspecified atom stereocenters. The van der Waals surface area contributed by atoms with Gasteiger partial charge in [0.2, 0.25) is 0 Å². The highest BCUT2D eigenvalue weighted by Gasteiger charge is 2.34. The number of aromatic nitrogens is 3. The summed E-state index contributed by atoms with van der Waals surface area (Å²) in [4.78, 5) is 10.4. The van der Waals surface area contributed by atoms with Crippen molar-refractivity contribution in [1.82, 2.24) is 14.5 Å². The number of para-hydroxylation sites is 2. The molecule has 6 aromatic carbocycles. The second-order valence-corrected chi connectivity index (χ2v) is 20.2. The highest BCUT2D eigenvalue weighted by Crippen LogP contribution is 2.44. The van der Waals surface area contributed by atoms with Gasteiger partial charge in [0.1, 0.15) is 11.6 Å². The Hall–Kier alpha value is -6.26. The Bertz CT molecular complexity index is 2880. The fourth-order valence-electron chi connectivity index (χ4n) is 8.11. The zero-order valence-corrected chi connectivity index (χ0v) is 37.7. The van der Waals surface area contributed by atoms with Crippen LogP contribution in [0, 0.1) is 5.41 Å². The minimum atomic E-state index is -0.133. The second kappa shape index (κ2) is 15.3. The zero-order valence-electron chi connectivity index (χ0n) is 37.7. The molecule has 308 valence electrons. The van der Waals surface area contributed by atoms with Gasteiger partial charge in [-0.1, -0.05) is 167 Å². The molecule has 1 N–H and O–H groups in total. The molecule has 0 spiro atoms. The van der Waals surface area contributed by atoms with Gasteiger partial charge in [-0.05, 0) is 115 Å². The first-order valence-corrected chi connectivity index (χ1v) is 21.5. The Morgan fingerprint density at radius 1 is 0.459 bits per heavy atom. The van der Waals surface area contributed by atoms with Gasteiger partial charge in [-0.2, -0.15) is 0 Å². The van der Waals surface area contributed by atoms with E-state index in [1.165, 1.54) is 22.3 Å². The average molecular weight is 802 g/mol. The molecule has 0 radical (unpaired) electrons. The molecule has 0 saturated heterocycles. The monoisotopic (exact) mass is 801 g/mol. The van der Waals surface area contributed by atoms with Gasteiger partial charge in [0.25, 0.3) is 0 Å². The largest absolute Gasteiger partial charge is 0.507 e. The van der Waals surface area contributed by atoms with Crippen molar-refractivity contribution in [2.75, 3.05) is 0 Å². The molecular formula is C57H59N3O. The fourth-order valence-corrected chi connectivity index (χ4v) is 8.11. The quantitative estimate of drug-likeness (QED) is 0.175. The molecule has 0 amide bonds. The van der Waals surface area contributed by atoms with Crippen molar-refractivity contribution in [3.05, 3.63) is 168 Å². The van der Waals surface area contributed by atoms with E-state index >= 15 is 0 Å². The number of benzene rings is 6. The SMILES string of the molecule is CC(C)(C)c1cc(-c2cc(-c3ccc(C(C)(C)C(C)(C)C)cc3)ccn2)cc(-c2cccc3c2nc(-c2ccccc2O)n3-c2ccc(C(C)(C)C)cc2-c2ccccc2)c1. The van der Waals surface area contributed by atoms with Gasteiger partial charge in [0, 0.05) is 22.9 Å². The average Bonchev–Trinajstić information content (AvgIpc) is 3.62. The minimum Gasteiger partial charge on any atom is -0.507 e. The number of hydrogen-bond acceptors (Lipinski definition) is 3. The third-order valence-electron chi connectivity index (χ3n) is 13.0. The number of hydrogen-bond donors (Lipinski definition) is 1. The van der Waals surface area contributed by atoms with Crippen LogP contribution < -0.4 is 0 Å². The van der Waals surface area contributed by atoms with E-state index in [9.17, 15) is 5.11 Å². The van der Waals surface area contributed by atoms with Crippen molar-refractivity contribution >= 4 is 11.0 Å². The van der Waals surface area contributed by atoms with Crippen LogP contribution in [-0.2, 0) is 16.2 Å². The van der Waals surface area contributed by atoms with Crippen LogP contribution in [0.2, 0.25) is 0 Å². The standard InChI is InChI=1S/C57H59N3O/c1-54(2,3)43-28-29-49(47(36-43)38-18-13-12-14-19-38)60-50-22-17-21-45(52(50)59-53(60)46-20-15-16-23-51(46)61)40-32-41(34-44(33-40)55(4,5)6)48-35-39(30-31-58-48)37-24-26-42(27-25-37)57(10,11)56(7,8)9/h12-36,61H,1-11H3. The molecule has 0 bridgehead atoms. The van der Waals surface area contributed by atoms with E-state index < -0.39 is 0 Å². The van der Waals surface area contributed by atoms with Crippen LogP contribution in [0.25, 0.3) is 72.7 Å². The van der Waals surface area contributed by atoms with Crippen LogP contribution in [-0.4, -0.2) is 19.6 Å². The molecule has 8 aromatic rings. The van der Waals surface area contributed by atoms with E-state index in [2.05, 4.69) is 202 Å². The number of pyridine rings is 1. The van der Waals surface area contributed by atoms with E-state index in [0.717, 1.165) is 55.8 Å². The summed E-state index contributed by atoms with van der Waals surface area (Å²) in [7, 11) is 0. The molecular weight excluding hydrogens is 743 g/mol. The van der Waals surface area contributed by atoms with Crippen LogP contribution in [0.3, 0.4) is 0 Å². The van der Waals surface area contributed by atoms with Gasteiger partial charge in [-0.3, -0.25) is 9.55 Å². The Morgan fingerprint density at radius 2 is 1.10 bits per heavy atom. The smallest absolute Gasteiger partial charge is 0.149 e. The van der Waals surface area contributed by atoms with Crippen molar-refractivity contribution in [1.29, 1.82) is 0 Å². The molecule has 8 rings (SSSR count). The molecule has 61 heavy (non-hydrogen) atoms. The zero-order chi connectivity index (χ0) is 43.5. The lowest BCUT2D eigenvalue weighted by atomic mass is 9.65. The lowest BCUT2D eigenvalue weighted by molar-refractivity contribution is 0.225. The summed E-state index contributed by atoms with van der Waals surface area (Å²) >= 11 is 0. The summed E-state index contributed by atoms with van der Waals surface area (Å²) in [6.45, 7) is 25.1. The topological polar surface area (TPSA) is 50.9 Å². The van der Waals surface area contributed by atoms with Crippen LogP contribution in [0.15, 0.2) is 152 Å². The Labute approximate surface area is 363 Å². The molecule has 0 aliphatic rings. The predicted molar refractivity (Wildman–Crippen MR) is 258 cm³/mol. The highest BCUT2D eigenvalue weighted by atomic mass is 16.3. The van der Waals surface area contributed by atoms with Crippen LogP contribution in [0.4, 0.5) is 0 Å². The third kappa shape index (κ3) is 7.92. The summed E-state index contributed by atoms with van der Waals surface area (Å²) in [5.74, 6) is 0.864. The van der Waals surface area contributed by atoms with Crippen molar-refractivity contribution < 1.29 is 5.11 Å². The Kier molecular flexibility index (Phi) is 10.4. The van der Waals surface area contributed by atoms with Crippen LogP contribution >= 0.6 is 0 Å². The van der Waals surface area contributed by atoms with Crippen LogP contribution in [0.5, 0.6) is 5.75 Å². The van der Waals surface area contributed by atoms with Gasteiger partial charge in [0.05, 0.1) is 28.0 Å². The fraction of sp³-hybridized carbons (Fsp3) is 0.263. The van der Waals surface area contributed by atoms with E-state index in [-0.39, 0.29) is 27.4 Å². The van der Waals surface area contributed by atoms with Gasteiger partial charge in [-0.25, -0.2) is 4.98 Å². The summed E-state index contributed by atoms with van der Waals surface area (Å²) < 4.78 is 2.23. The molecule has 4 nitrogen and oxygen atoms in total. The summed E-state index contributed by atoms with van der Waals surface area (Å²) in [6, 6.07) is 51.5. The molecule has 0 atom stereocenters. The maximum atomic E-state index is 11.4. The number of aromatic hydroxyl groups is 1. The molecule has 2 aromatic heterocycles. The third-order valence-corrected chi connectivity index (χ3v) is 13.0. The Morgan fingerprint density at radius 3 is 1.77 bits per heavy atom. The van der Waals surface area contributed by atoms with Crippen molar-refractivity contribution in [2.24, 2.45) is 5.41 Å². The number of phenols is 1. The van der Waals surface area contributed by atoms with E-state index in [1.54, 1.807) is 6.07 Å². The summed E-state index contributed by atoms with van der Waals surface area (Å²) in [6.07, 6.45) is 1.93. The van der Waals surface area contributed by atoms with Crippen molar-refractivity contribution in [3.8, 4) is 67.5 Å². The highest BCUT2D eigenvalue weighted by molar-refractivity contribution is 5.97. The van der Waals surface area contributed by atoms with Crippen LogP contribution in [0.1, 0.15) is 92.9 Å². The first kappa shape index (κ1) is 41.5. The predicted octanol–water partition coefficient (Wildman–Crippen LogP) is 15.4. The minimum absolute atomic E-state index is 0.0285. The van der Waals surface area contributed by atoms with E-state index in [4.69, 9.17) is 9.97 Å². The normalized spacial score (nSPS) is 12.6. The molecule has 0 aliphatic heterocycles. The van der Waals surface area contributed by atoms with E-state index in [1.807, 2.05) is 24.4 Å². The van der Waals surface area contributed by atoms with Crippen molar-refractivity contribution in [3.63, 3.8) is 0 Å². The molecule has 0 aliphatic carbocycles. The molecule has 2 heterocycles. The lowest BCUT2D eigenvalue weighted by Gasteiger charge is -2.39. The van der Waals surface area contributed by atoms with Gasteiger partial charge >= 0.3 is 0 Å². The summed E-state index contributed by atoms with van der Waals surface area (Å²) in [5.41, 5.74) is 15.8. The van der Waals surface area contributed by atoms with Gasteiger partial charge in [-0.15, -0.1) is 0 Å². The number of fused-ring (bicyclic) bond motifs is 1. The first-order valence-electron chi connectivity index (χ1n) is 21.5.